The monoisotopic (exact) mass is 261 g/mol. The van der Waals surface area contributed by atoms with Crippen molar-refractivity contribution >= 4 is 35.2 Å². The molecule has 0 aliphatic rings. The predicted octanol–water partition coefficient (Wildman–Crippen LogP) is 3.28. The minimum Gasteiger partial charge on any atom is -0.353 e. The van der Waals surface area contributed by atoms with Gasteiger partial charge in [-0.15, -0.1) is 0 Å². The Morgan fingerprint density at radius 2 is 2.12 bits per heavy atom. The standard InChI is InChI=1S/C11H10Cl2FNO/c1-7(16)15-4-2-3-8-5-11(14)10(13)6-9(8)12/h2-3,5-6H,4H2,1H3,(H,15,16). The number of nitrogens with one attached hydrogen (secondary N) is 1. The second-order valence-corrected chi connectivity index (χ2v) is 3.94. The van der Waals surface area contributed by atoms with E-state index in [1.807, 2.05) is 0 Å². The average Bonchev–Trinajstić information content (AvgIpc) is 2.19. The van der Waals surface area contributed by atoms with E-state index in [2.05, 4.69) is 5.32 Å². The Balaban J connectivity index is 2.73. The Morgan fingerprint density at radius 3 is 2.75 bits per heavy atom. The fraction of sp³-hybridized carbons (Fsp3) is 0.182. The highest BCUT2D eigenvalue weighted by atomic mass is 35.5. The summed E-state index contributed by atoms with van der Waals surface area (Å²) in [5.41, 5.74) is 0.522. The molecule has 0 saturated carbocycles. The predicted molar refractivity (Wildman–Crippen MR) is 64.1 cm³/mol. The largest absolute Gasteiger partial charge is 0.353 e. The van der Waals surface area contributed by atoms with Crippen LogP contribution in [0.3, 0.4) is 0 Å². The van der Waals surface area contributed by atoms with Gasteiger partial charge in [-0.2, -0.15) is 0 Å². The highest BCUT2D eigenvalue weighted by molar-refractivity contribution is 6.35. The summed E-state index contributed by atoms with van der Waals surface area (Å²) in [5, 5.41) is 2.93. The molecule has 16 heavy (non-hydrogen) atoms. The maximum absolute atomic E-state index is 13.1. The van der Waals surface area contributed by atoms with E-state index < -0.39 is 5.82 Å². The molecule has 1 aromatic rings. The van der Waals surface area contributed by atoms with Crippen LogP contribution in [-0.4, -0.2) is 12.5 Å². The Bertz CT molecular complexity index is 432. The molecule has 0 spiro atoms. The summed E-state index contributed by atoms with van der Waals surface area (Å²) in [7, 11) is 0. The van der Waals surface area contributed by atoms with Gasteiger partial charge in [-0.05, 0) is 17.7 Å². The van der Waals surface area contributed by atoms with E-state index in [9.17, 15) is 9.18 Å². The van der Waals surface area contributed by atoms with Gasteiger partial charge < -0.3 is 5.32 Å². The zero-order valence-electron chi connectivity index (χ0n) is 8.56. The van der Waals surface area contributed by atoms with E-state index in [1.54, 1.807) is 12.2 Å². The molecule has 1 N–H and O–H groups in total. The number of benzene rings is 1. The summed E-state index contributed by atoms with van der Waals surface area (Å²) >= 11 is 11.4. The van der Waals surface area contributed by atoms with E-state index in [-0.39, 0.29) is 10.9 Å². The van der Waals surface area contributed by atoms with Gasteiger partial charge in [-0.3, -0.25) is 4.79 Å². The zero-order chi connectivity index (χ0) is 12.1. The van der Waals surface area contributed by atoms with Gasteiger partial charge in [0.15, 0.2) is 0 Å². The van der Waals surface area contributed by atoms with Crippen LogP contribution in [0.15, 0.2) is 18.2 Å². The Hall–Kier alpha value is -1.06. The van der Waals surface area contributed by atoms with Gasteiger partial charge in [-0.25, -0.2) is 4.39 Å². The maximum Gasteiger partial charge on any atom is 0.217 e. The molecule has 0 aromatic heterocycles. The minimum atomic E-state index is -0.523. The molecule has 0 radical (unpaired) electrons. The number of carbonyl (C=O) groups excluding carboxylic acids is 1. The molecule has 0 bridgehead atoms. The normalized spacial score (nSPS) is 10.8. The average molecular weight is 262 g/mol. The molecule has 0 heterocycles. The van der Waals surface area contributed by atoms with Crippen LogP contribution in [-0.2, 0) is 4.79 Å². The molecule has 2 nitrogen and oxygen atoms in total. The van der Waals surface area contributed by atoms with Gasteiger partial charge in [0.25, 0.3) is 0 Å². The van der Waals surface area contributed by atoms with E-state index in [0.29, 0.717) is 17.1 Å². The van der Waals surface area contributed by atoms with Crippen LogP contribution in [0.4, 0.5) is 4.39 Å². The molecule has 5 heteroatoms. The minimum absolute atomic E-state index is 0.0102. The number of rotatable bonds is 3. The molecule has 86 valence electrons. The SMILES string of the molecule is CC(=O)NCC=Cc1cc(F)c(Cl)cc1Cl. The summed E-state index contributed by atoms with van der Waals surface area (Å²) in [6.45, 7) is 1.79. The van der Waals surface area contributed by atoms with Gasteiger partial charge in [0.1, 0.15) is 5.82 Å². The lowest BCUT2D eigenvalue weighted by Gasteiger charge is -2.01. The lowest BCUT2D eigenvalue weighted by atomic mass is 10.2. The molecule has 0 atom stereocenters. The second-order valence-electron chi connectivity index (χ2n) is 3.13. The van der Waals surface area contributed by atoms with E-state index in [4.69, 9.17) is 23.2 Å². The van der Waals surface area contributed by atoms with Crippen molar-refractivity contribution in [2.24, 2.45) is 0 Å². The molecule has 0 fully saturated rings. The van der Waals surface area contributed by atoms with Crippen molar-refractivity contribution in [2.45, 2.75) is 6.92 Å². The van der Waals surface area contributed by atoms with Crippen molar-refractivity contribution < 1.29 is 9.18 Å². The van der Waals surface area contributed by atoms with Crippen LogP contribution in [0.2, 0.25) is 10.0 Å². The van der Waals surface area contributed by atoms with Crippen molar-refractivity contribution in [1.29, 1.82) is 0 Å². The van der Waals surface area contributed by atoms with Gasteiger partial charge in [0, 0.05) is 18.5 Å². The van der Waals surface area contributed by atoms with Crippen molar-refractivity contribution in [1.82, 2.24) is 5.32 Å². The van der Waals surface area contributed by atoms with Gasteiger partial charge in [0.05, 0.1) is 5.02 Å². The van der Waals surface area contributed by atoms with Gasteiger partial charge in [0.2, 0.25) is 5.91 Å². The third kappa shape index (κ3) is 3.83. The Morgan fingerprint density at radius 1 is 1.44 bits per heavy atom. The topological polar surface area (TPSA) is 29.1 Å². The maximum atomic E-state index is 13.1. The van der Waals surface area contributed by atoms with Crippen molar-refractivity contribution in [2.75, 3.05) is 6.54 Å². The molecule has 0 saturated heterocycles. The summed E-state index contributed by atoms with van der Waals surface area (Å²) in [5.74, 6) is -0.650. The first-order valence-electron chi connectivity index (χ1n) is 4.56. The fourth-order valence-corrected chi connectivity index (χ4v) is 1.50. The van der Waals surface area contributed by atoms with E-state index >= 15 is 0 Å². The van der Waals surface area contributed by atoms with Crippen LogP contribution in [0.25, 0.3) is 6.08 Å². The molecule has 1 amide bonds. The molecule has 1 aromatic carbocycles. The van der Waals surface area contributed by atoms with Crippen LogP contribution in [0, 0.1) is 5.82 Å². The lowest BCUT2D eigenvalue weighted by Crippen LogP contribution is -2.19. The molecular formula is C11H10Cl2FNO. The summed E-state index contributed by atoms with van der Waals surface area (Å²) < 4.78 is 13.1. The quantitative estimate of drug-likeness (QED) is 0.832. The molecule has 0 aliphatic carbocycles. The first kappa shape index (κ1) is 13.0. The van der Waals surface area contributed by atoms with E-state index in [0.717, 1.165) is 0 Å². The van der Waals surface area contributed by atoms with Crippen molar-refractivity contribution in [3.63, 3.8) is 0 Å². The summed E-state index contributed by atoms with van der Waals surface area (Å²) in [4.78, 5) is 10.6. The Kier molecular flexibility index (Phi) is 4.77. The molecular weight excluding hydrogens is 252 g/mol. The Labute approximate surface area is 103 Å². The zero-order valence-corrected chi connectivity index (χ0v) is 10.1. The smallest absolute Gasteiger partial charge is 0.217 e. The first-order chi connectivity index (χ1) is 7.50. The lowest BCUT2D eigenvalue weighted by molar-refractivity contribution is -0.118. The number of carbonyl (C=O) groups is 1. The summed E-state index contributed by atoms with van der Waals surface area (Å²) in [6.07, 6.45) is 3.30. The molecule has 0 unspecified atom stereocenters. The number of hydrogen-bond acceptors (Lipinski definition) is 1. The third-order valence-corrected chi connectivity index (χ3v) is 2.42. The molecule has 1 rings (SSSR count). The number of amides is 1. The summed E-state index contributed by atoms with van der Waals surface area (Å²) in [6, 6.07) is 2.59. The number of hydrogen-bond donors (Lipinski definition) is 1. The van der Waals surface area contributed by atoms with Crippen LogP contribution >= 0.6 is 23.2 Å². The van der Waals surface area contributed by atoms with Crippen LogP contribution in [0.5, 0.6) is 0 Å². The highest BCUT2D eigenvalue weighted by Gasteiger charge is 2.04. The number of halogens is 3. The second kappa shape index (κ2) is 5.87. The van der Waals surface area contributed by atoms with Crippen molar-refractivity contribution in [3.05, 3.63) is 39.6 Å². The van der Waals surface area contributed by atoms with E-state index in [1.165, 1.54) is 19.1 Å². The highest BCUT2D eigenvalue weighted by Crippen LogP contribution is 2.25. The molecule has 0 aliphatic heterocycles. The first-order valence-corrected chi connectivity index (χ1v) is 5.32. The van der Waals surface area contributed by atoms with Crippen molar-refractivity contribution in [3.8, 4) is 0 Å². The fourth-order valence-electron chi connectivity index (χ4n) is 1.05. The van der Waals surface area contributed by atoms with Gasteiger partial charge in [-0.1, -0.05) is 35.4 Å². The van der Waals surface area contributed by atoms with Crippen LogP contribution < -0.4 is 5.32 Å². The van der Waals surface area contributed by atoms with Crippen LogP contribution in [0.1, 0.15) is 12.5 Å². The van der Waals surface area contributed by atoms with Gasteiger partial charge >= 0.3 is 0 Å². The third-order valence-electron chi connectivity index (χ3n) is 1.81.